The number of rotatable bonds is 7. The number of nitrogens with one attached hydrogen (secondary N) is 1. The fraction of sp³-hybridized carbons (Fsp3) is 0.467. The van der Waals surface area contributed by atoms with Crippen molar-refractivity contribution in [3.05, 3.63) is 36.7 Å². The predicted molar refractivity (Wildman–Crippen MR) is 83.4 cm³/mol. The highest BCUT2D eigenvalue weighted by Gasteiger charge is 2.31. The van der Waals surface area contributed by atoms with Crippen molar-refractivity contribution in [3.63, 3.8) is 0 Å². The molecule has 1 aliphatic carbocycles. The Hall–Kier alpha value is -2.32. The van der Waals surface area contributed by atoms with E-state index in [-0.39, 0.29) is 19.5 Å². The lowest BCUT2D eigenvalue weighted by atomic mass is 9.89. The quantitative estimate of drug-likeness (QED) is 0.760. The van der Waals surface area contributed by atoms with Crippen molar-refractivity contribution in [2.45, 2.75) is 25.0 Å². The van der Waals surface area contributed by atoms with Gasteiger partial charge in [0.05, 0.1) is 19.3 Å². The van der Waals surface area contributed by atoms with E-state index in [0.29, 0.717) is 24.9 Å². The smallest absolute Gasteiger partial charge is 0.270 e. The van der Waals surface area contributed by atoms with Crippen LogP contribution in [0.4, 0.5) is 0 Å². The van der Waals surface area contributed by atoms with Gasteiger partial charge in [-0.25, -0.2) is 15.0 Å². The second-order valence-corrected chi connectivity index (χ2v) is 5.34. The Morgan fingerprint density at radius 2 is 2.30 bits per heavy atom. The number of methoxy groups -OCH3 is 1. The summed E-state index contributed by atoms with van der Waals surface area (Å²) in [5, 5.41) is 2.96. The third-order valence-electron chi connectivity index (χ3n) is 3.68. The number of hydrogen-bond donors (Lipinski definition) is 1. The minimum atomic E-state index is -0.200. The number of nitrogens with zero attached hydrogens (tertiary/aromatic N) is 4. The van der Waals surface area contributed by atoms with E-state index < -0.39 is 0 Å². The van der Waals surface area contributed by atoms with Crippen molar-refractivity contribution >= 4 is 5.91 Å². The molecule has 2 aromatic rings. The Kier molecular flexibility index (Phi) is 4.94. The van der Waals surface area contributed by atoms with Crippen LogP contribution < -0.4 is 5.32 Å². The molecule has 2 heterocycles. The minimum absolute atomic E-state index is 0. The van der Waals surface area contributed by atoms with Gasteiger partial charge in [-0.15, -0.1) is 0 Å². The predicted octanol–water partition coefficient (Wildman–Crippen LogP) is 0.832. The molecule has 1 fully saturated rings. The van der Waals surface area contributed by atoms with Gasteiger partial charge in [-0.3, -0.25) is 9.36 Å². The Balaban J connectivity index is 0.00000208. The van der Waals surface area contributed by atoms with Crippen molar-refractivity contribution in [1.82, 2.24) is 24.8 Å². The van der Waals surface area contributed by atoms with E-state index in [1.54, 1.807) is 42.7 Å². The highest BCUT2D eigenvalue weighted by atomic mass is 16.5. The first-order chi connectivity index (χ1) is 11.3. The first-order valence-electron chi connectivity index (χ1n) is 7.49. The van der Waals surface area contributed by atoms with Crippen molar-refractivity contribution in [1.29, 1.82) is 0 Å². The highest BCUT2D eigenvalue weighted by molar-refractivity contribution is 5.92. The molecule has 1 N–H and O–H groups in total. The SMILES string of the molecule is COCCOC1CC(NC(=O)c2ccnc(-n3ccnc3)n2)C1.[HH]. The summed E-state index contributed by atoms with van der Waals surface area (Å²) < 4.78 is 12.2. The summed E-state index contributed by atoms with van der Waals surface area (Å²) in [5.74, 6) is 0.221. The van der Waals surface area contributed by atoms with Crippen molar-refractivity contribution in [3.8, 4) is 5.95 Å². The van der Waals surface area contributed by atoms with Gasteiger partial charge in [0, 0.05) is 33.2 Å². The molecule has 0 saturated heterocycles. The van der Waals surface area contributed by atoms with Gasteiger partial charge in [-0.05, 0) is 18.9 Å². The summed E-state index contributed by atoms with van der Waals surface area (Å²) in [6.45, 7) is 1.17. The van der Waals surface area contributed by atoms with Gasteiger partial charge in [0.1, 0.15) is 12.0 Å². The highest BCUT2D eigenvalue weighted by Crippen LogP contribution is 2.23. The Morgan fingerprint density at radius 3 is 3.04 bits per heavy atom. The average molecular weight is 319 g/mol. The molecule has 0 radical (unpaired) electrons. The molecule has 124 valence electrons. The van der Waals surface area contributed by atoms with Crippen molar-refractivity contribution in [2.75, 3.05) is 20.3 Å². The number of hydrogen-bond acceptors (Lipinski definition) is 6. The number of ether oxygens (including phenoxy) is 2. The molecule has 8 nitrogen and oxygen atoms in total. The molecule has 0 atom stereocenters. The standard InChI is InChI=1S/C15H19N5O3.H2/c1-22-6-7-23-12-8-11(9-12)18-14(21)13-2-3-17-15(19-13)20-5-4-16-10-20;/h2-5,10-12H,6-9H2,1H3,(H,18,21);1H. The molecule has 1 saturated carbocycles. The van der Waals surface area contributed by atoms with E-state index in [9.17, 15) is 4.79 Å². The first-order valence-corrected chi connectivity index (χ1v) is 7.49. The van der Waals surface area contributed by atoms with E-state index in [1.165, 1.54) is 0 Å². The number of imidazole rings is 1. The van der Waals surface area contributed by atoms with E-state index >= 15 is 0 Å². The van der Waals surface area contributed by atoms with Gasteiger partial charge in [0.15, 0.2) is 0 Å². The largest absolute Gasteiger partial charge is 0.382 e. The fourth-order valence-corrected chi connectivity index (χ4v) is 2.35. The van der Waals surface area contributed by atoms with Crippen LogP contribution in [0.3, 0.4) is 0 Å². The molecular weight excluding hydrogens is 298 g/mol. The maximum atomic E-state index is 12.2. The molecule has 0 aromatic carbocycles. The molecule has 0 unspecified atom stereocenters. The van der Waals surface area contributed by atoms with Crippen LogP contribution in [0.2, 0.25) is 0 Å². The number of carbonyl (C=O) groups excluding carboxylic acids is 1. The second-order valence-electron chi connectivity index (χ2n) is 5.34. The normalized spacial score (nSPS) is 20.0. The summed E-state index contributed by atoms with van der Waals surface area (Å²) in [5.41, 5.74) is 0.340. The van der Waals surface area contributed by atoms with Crippen LogP contribution in [-0.2, 0) is 9.47 Å². The van der Waals surface area contributed by atoms with Crippen molar-refractivity contribution < 1.29 is 15.7 Å². The summed E-state index contributed by atoms with van der Waals surface area (Å²) in [7, 11) is 1.65. The number of aromatic nitrogens is 4. The first kappa shape index (κ1) is 15.6. The van der Waals surface area contributed by atoms with Crippen LogP contribution in [0.5, 0.6) is 0 Å². The topological polar surface area (TPSA) is 91.2 Å². The van der Waals surface area contributed by atoms with Crippen LogP contribution >= 0.6 is 0 Å². The van der Waals surface area contributed by atoms with Gasteiger partial charge in [-0.2, -0.15) is 0 Å². The zero-order valence-corrected chi connectivity index (χ0v) is 12.9. The zero-order valence-electron chi connectivity index (χ0n) is 12.9. The Labute approximate surface area is 135 Å². The van der Waals surface area contributed by atoms with Gasteiger partial charge in [0.2, 0.25) is 5.95 Å². The third kappa shape index (κ3) is 3.91. The molecule has 0 aliphatic heterocycles. The molecule has 3 rings (SSSR count). The molecule has 2 aromatic heterocycles. The molecule has 0 bridgehead atoms. The van der Waals surface area contributed by atoms with Crippen LogP contribution in [-0.4, -0.2) is 57.9 Å². The van der Waals surface area contributed by atoms with Gasteiger partial charge in [-0.1, -0.05) is 0 Å². The Bertz CT molecular complexity index is 646. The maximum Gasteiger partial charge on any atom is 0.270 e. The van der Waals surface area contributed by atoms with Gasteiger partial charge >= 0.3 is 0 Å². The monoisotopic (exact) mass is 319 g/mol. The zero-order chi connectivity index (χ0) is 16.1. The van der Waals surface area contributed by atoms with E-state index in [4.69, 9.17) is 9.47 Å². The van der Waals surface area contributed by atoms with E-state index in [2.05, 4.69) is 20.3 Å². The van der Waals surface area contributed by atoms with Crippen LogP contribution in [0.25, 0.3) is 5.95 Å². The molecule has 8 heteroatoms. The molecule has 1 amide bonds. The van der Waals surface area contributed by atoms with E-state index in [1.807, 2.05) is 0 Å². The second kappa shape index (κ2) is 7.30. The van der Waals surface area contributed by atoms with Crippen LogP contribution in [0.1, 0.15) is 24.8 Å². The minimum Gasteiger partial charge on any atom is -0.382 e. The van der Waals surface area contributed by atoms with Crippen LogP contribution in [0.15, 0.2) is 31.0 Å². The Morgan fingerprint density at radius 1 is 1.43 bits per heavy atom. The lowest BCUT2D eigenvalue weighted by molar-refractivity contribution is -0.0343. The number of carbonyl (C=O) groups is 1. The molecule has 23 heavy (non-hydrogen) atoms. The van der Waals surface area contributed by atoms with Crippen molar-refractivity contribution in [2.24, 2.45) is 0 Å². The third-order valence-corrected chi connectivity index (χ3v) is 3.68. The summed E-state index contributed by atoms with van der Waals surface area (Å²) in [6, 6.07) is 1.72. The van der Waals surface area contributed by atoms with Crippen LogP contribution in [0, 0.1) is 0 Å². The average Bonchev–Trinajstić information content (AvgIpc) is 3.07. The summed E-state index contributed by atoms with van der Waals surface area (Å²) >= 11 is 0. The van der Waals surface area contributed by atoms with Gasteiger partial charge < -0.3 is 14.8 Å². The lowest BCUT2D eigenvalue weighted by Crippen LogP contribution is -2.48. The summed E-state index contributed by atoms with van der Waals surface area (Å²) in [6.07, 6.45) is 8.34. The molecular formula is C15H21N5O3. The fourth-order valence-electron chi connectivity index (χ4n) is 2.35. The molecule has 1 aliphatic rings. The lowest BCUT2D eigenvalue weighted by Gasteiger charge is -2.35. The van der Waals surface area contributed by atoms with E-state index in [0.717, 1.165) is 12.8 Å². The molecule has 0 spiro atoms. The van der Waals surface area contributed by atoms with Gasteiger partial charge in [0.25, 0.3) is 5.91 Å². The maximum absolute atomic E-state index is 12.2. The number of amides is 1. The summed E-state index contributed by atoms with van der Waals surface area (Å²) in [4.78, 5) is 24.6.